The van der Waals surface area contributed by atoms with Crippen LogP contribution in [-0.2, 0) is 11.3 Å². The lowest BCUT2D eigenvalue weighted by atomic mass is 9.93. The number of hydrogen-bond acceptors (Lipinski definition) is 4. The smallest absolute Gasteiger partial charge is 0.0865 e. The quantitative estimate of drug-likeness (QED) is 0.886. The Labute approximate surface area is 122 Å². The van der Waals surface area contributed by atoms with Gasteiger partial charge in [-0.3, -0.25) is 0 Å². The first-order valence-electron chi connectivity index (χ1n) is 6.54. The van der Waals surface area contributed by atoms with E-state index in [1.54, 1.807) is 0 Å². The molecule has 1 heterocycles. The van der Waals surface area contributed by atoms with Gasteiger partial charge in [0.2, 0.25) is 0 Å². The normalized spacial score (nSPS) is 18.3. The number of hydrogen-bond donors (Lipinski definition) is 2. The molecule has 106 valence electrons. The summed E-state index contributed by atoms with van der Waals surface area (Å²) in [7, 11) is 1.99. The van der Waals surface area contributed by atoms with Crippen LogP contribution in [0, 0.1) is 0 Å². The maximum Gasteiger partial charge on any atom is 0.0865 e. The summed E-state index contributed by atoms with van der Waals surface area (Å²) in [6.07, 6.45) is 1.37. The minimum Gasteiger partial charge on any atom is -0.388 e. The number of benzene rings is 1. The van der Waals surface area contributed by atoms with Gasteiger partial charge in [-0.25, -0.2) is 0 Å². The minimum absolute atomic E-state index is 0.475. The molecule has 2 rings (SSSR count). The van der Waals surface area contributed by atoms with Crippen LogP contribution in [0.15, 0.2) is 22.7 Å². The molecule has 0 saturated carbocycles. The lowest BCUT2D eigenvalue weighted by Crippen LogP contribution is -2.46. The molecule has 1 aliphatic rings. The Hall–Kier alpha value is -0.620. The van der Waals surface area contributed by atoms with E-state index in [-0.39, 0.29) is 0 Å². The van der Waals surface area contributed by atoms with Gasteiger partial charge < -0.3 is 20.5 Å². The highest BCUT2D eigenvalue weighted by Crippen LogP contribution is 2.29. The fourth-order valence-corrected chi connectivity index (χ4v) is 3.06. The molecule has 5 heteroatoms. The maximum atomic E-state index is 10.6. The van der Waals surface area contributed by atoms with Crippen molar-refractivity contribution < 1.29 is 9.84 Å². The van der Waals surface area contributed by atoms with E-state index in [0.29, 0.717) is 39.1 Å². The van der Waals surface area contributed by atoms with E-state index >= 15 is 0 Å². The molecule has 0 amide bonds. The van der Waals surface area contributed by atoms with Crippen LogP contribution in [0.1, 0.15) is 18.4 Å². The SMILES string of the molecule is CN(CC1(O)CCOCC1)c1cccc(Br)c1CN. The highest BCUT2D eigenvalue weighted by Gasteiger charge is 2.31. The van der Waals surface area contributed by atoms with Gasteiger partial charge in [0.15, 0.2) is 0 Å². The van der Waals surface area contributed by atoms with Crippen LogP contribution in [0.2, 0.25) is 0 Å². The second-order valence-corrected chi connectivity index (χ2v) is 5.99. The van der Waals surface area contributed by atoms with Crippen LogP contribution >= 0.6 is 15.9 Å². The molecular weight excluding hydrogens is 308 g/mol. The van der Waals surface area contributed by atoms with Crippen LogP contribution in [0.3, 0.4) is 0 Å². The first-order chi connectivity index (χ1) is 9.06. The fourth-order valence-electron chi connectivity index (χ4n) is 2.54. The number of ether oxygens (including phenoxy) is 1. The van der Waals surface area contributed by atoms with Gasteiger partial charge in [0, 0.05) is 61.9 Å². The Morgan fingerprint density at radius 2 is 2.11 bits per heavy atom. The van der Waals surface area contributed by atoms with Gasteiger partial charge in [0.1, 0.15) is 0 Å². The van der Waals surface area contributed by atoms with Gasteiger partial charge in [0.05, 0.1) is 5.60 Å². The highest BCUT2D eigenvalue weighted by atomic mass is 79.9. The molecule has 19 heavy (non-hydrogen) atoms. The molecule has 1 aromatic carbocycles. The fraction of sp³-hybridized carbons (Fsp3) is 0.571. The predicted molar refractivity (Wildman–Crippen MR) is 80.3 cm³/mol. The zero-order valence-electron chi connectivity index (χ0n) is 11.2. The van der Waals surface area contributed by atoms with Crippen LogP contribution < -0.4 is 10.6 Å². The third-order valence-electron chi connectivity index (χ3n) is 3.66. The maximum absolute atomic E-state index is 10.6. The number of halogens is 1. The van der Waals surface area contributed by atoms with E-state index in [1.165, 1.54) is 0 Å². The molecular formula is C14H21BrN2O2. The molecule has 0 radical (unpaired) electrons. The molecule has 0 atom stereocenters. The first kappa shape index (κ1) is 14.8. The van der Waals surface area contributed by atoms with Crippen molar-refractivity contribution in [1.29, 1.82) is 0 Å². The van der Waals surface area contributed by atoms with E-state index in [0.717, 1.165) is 15.7 Å². The van der Waals surface area contributed by atoms with Crippen molar-refractivity contribution in [1.82, 2.24) is 0 Å². The molecule has 0 aliphatic carbocycles. The molecule has 4 nitrogen and oxygen atoms in total. The molecule has 1 aliphatic heterocycles. The number of nitrogens with two attached hydrogens (primary N) is 1. The average molecular weight is 329 g/mol. The van der Waals surface area contributed by atoms with Crippen molar-refractivity contribution in [3.8, 4) is 0 Å². The van der Waals surface area contributed by atoms with Crippen molar-refractivity contribution in [2.45, 2.75) is 25.0 Å². The van der Waals surface area contributed by atoms with Crippen molar-refractivity contribution in [3.63, 3.8) is 0 Å². The van der Waals surface area contributed by atoms with Crippen molar-refractivity contribution in [2.75, 3.05) is 31.7 Å². The third kappa shape index (κ3) is 3.48. The van der Waals surface area contributed by atoms with Crippen LogP contribution in [0.5, 0.6) is 0 Å². The summed E-state index contributed by atoms with van der Waals surface area (Å²) in [6, 6.07) is 6.02. The van der Waals surface area contributed by atoms with Crippen molar-refractivity contribution in [3.05, 3.63) is 28.2 Å². The summed E-state index contributed by atoms with van der Waals surface area (Å²) in [4.78, 5) is 2.08. The Morgan fingerprint density at radius 1 is 1.42 bits per heavy atom. The summed E-state index contributed by atoms with van der Waals surface area (Å²) < 4.78 is 6.32. The van der Waals surface area contributed by atoms with E-state index in [1.807, 2.05) is 25.2 Å². The summed E-state index contributed by atoms with van der Waals surface area (Å²) in [5.41, 5.74) is 7.29. The van der Waals surface area contributed by atoms with E-state index < -0.39 is 5.60 Å². The van der Waals surface area contributed by atoms with Crippen LogP contribution in [0.4, 0.5) is 5.69 Å². The zero-order valence-corrected chi connectivity index (χ0v) is 12.8. The summed E-state index contributed by atoms with van der Waals surface area (Å²) >= 11 is 3.53. The Balaban J connectivity index is 2.15. The van der Waals surface area contributed by atoms with E-state index in [2.05, 4.69) is 20.8 Å². The second-order valence-electron chi connectivity index (χ2n) is 5.13. The molecule has 0 aromatic heterocycles. The monoisotopic (exact) mass is 328 g/mol. The Bertz CT molecular complexity index is 433. The number of anilines is 1. The number of aliphatic hydroxyl groups is 1. The average Bonchev–Trinajstić information content (AvgIpc) is 2.38. The standard InChI is InChI=1S/C14H21BrN2O2/c1-17(10-14(18)5-7-19-8-6-14)13-4-2-3-12(15)11(13)9-16/h2-4,18H,5-10,16H2,1H3. The van der Waals surface area contributed by atoms with Gasteiger partial charge in [-0.1, -0.05) is 22.0 Å². The topological polar surface area (TPSA) is 58.7 Å². The van der Waals surface area contributed by atoms with Gasteiger partial charge in [0.25, 0.3) is 0 Å². The third-order valence-corrected chi connectivity index (χ3v) is 4.41. The Morgan fingerprint density at radius 3 is 2.74 bits per heavy atom. The van der Waals surface area contributed by atoms with Gasteiger partial charge in [-0.05, 0) is 12.1 Å². The lowest BCUT2D eigenvalue weighted by molar-refractivity contribution is -0.0572. The molecule has 1 saturated heterocycles. The molecule has 1 aromatic rings. The summed E-state index contributed by atoms with van der Waals surface area (Å²) in [6.45, 7) is 2.33. The van der Waals surface area contributed by atoms with Crippen LogP contribution in [-0.4, -0.2) is 37.5 Å². The van der Waals surface area contributed by atoms with Gasteiger partial charge >= 0.3 is 0 Å². The van der Waals surface area contributed by atoms with Crippen molar-refractivity contribution >= 4 is 21.6 Å². The molecule has 0 unspecified atom stereocenters. The number of nitrogens with zero attached hydrogens (tertiary/aromatic N) is 1. The second kappa shape index (κ2) is 6.22. The number of rotatable bonds is 4. The molecule has 0 spiro atoms. The predicted octanol–water partition coefficient (Wildman–Crippen LogP) is 1.89. The van der Waals surface area contributed by atoms with Crippen molar-refractivity contribution in [2.24, 2.45) is 5.73 Å². The number of likely N-dealkylation sites (N-methyl/N-ethyl adjacent to an activating group) is 1. The molecule has 1 fully saturated rings. The largest absolute Gasteiger partial charge is 0.388 e. The molecule has 3 N–H and O–H groups in total. The van der Waals surface area contributed by atoms with E-state index in [4.69, 9.17) is 10.5 Å². The summed E-state index contributed by atoms with van der Waals surface area (Å²) in [5.74, 6) is 0. The summed E-state index contributed by atoms with van der Waals surface area (Å²) in [5, 5.41) is 10.6. The first-order valence-corrected chi connectivity index (χ1v) is 7.34. The Kier molecular flexibility index (Phi) is 4.84. The minimum atomic E-state index is -0.665. The van der Waals surface area contributed by atoms with Gasteiger partial charge in [-0.15, -0.1) is 0 Å². The van der Waals surface area contributed by atoms with Gasteiger partial charge in [-0.2, -0.15) is 0 Å². The highest BCUT2D eigenvalue weighted by molar-refractivity contribution is 9.10. The van der Waals surface area contributed by atoms with E-state index in [9.17, 15) is 5.11 Å². The zero-order chi connectivity index (χ0) is 13.9. The molecule has 0 bridgehead atoms. The van der Waals surface area contributed by atoms with Crippen LogP contribution in [0.25, 0.3) is 0 Å². The lowest BCUT2D eigenvalue weighted by Gasteiger charge is -2.36.